The van der Waals surface area contributed by atoms with E-state index in [1.54, 1.807) is 0 Å². The minimum atomic E-state index is 0.317. The number of nitrogens with one attached hydrogen (secondary N) is 1. The highest BCUT2D eigenvalue weighted by atomic mass is 32.1. The van der Waals surface area contributed by atoms with Crippen LogP contribution in [0, 0.1) is 0 Å². The first kappa shape index (κ1) is 13.5. The van der Waals surface area contributed by atoms with Crippen LogP contribution in [0.25, 0.3) is 0 Å². The van der Waals surface area contributed by atoms with Crippen molar-refractivity contribution in [3.63, 3.8) is 0 Å². The van der Waals surface area contributed by atoms with Crippen molar-refractivity contribution in [1.82, 2.24) is 10.3 Å². The van der Waals surface area contributed by atoms with Crippen LogP contribution in [0.4, 0.5) is 0 Å². The molecule has 3 aromatic rings. The van der Waals surface area contributed by atoms with Crippen LogP contribution in [-0.2, 0) is 6.42 Å². The molecule has 0 unspecified atom stereocenters. The number of hydrogen-bond acceptors (Lipinski definition) is 4. The molecule has 3 aromatic heterocycles. The first-order valence-electron chi connectivity index (χ1n) is 6.62. The van der Waals surface area contributed by atoms with Gasteiger partial charge in [-0.25, -0.2) is 0 Å². The summed E-state index contributed by atoms with van der Waals surface area (Å²) in [5.41, 5.74) is 1.32. The molecular weight excluding hydrogens is 284 g/mol. The first-order chi connectivity index (χ1) is 9.93. The topological polar surface area (TPSA) is 24.9 Å². The summed E-state index contributed by atoms with van der Waals surface area (Å²) in [7, 11) is 0. The highest BCUT2D eigenvalue weighted by Gasteiger charge is 2.15. The maximum absolute atomic E-state index is 4.05. The molecule has 0 bridgehead atoms. The molecule has 0 saturated heterocycles. The van der Waals surface area contributed by atoms with Crippen molar-refractivity contribution < 1.29 is 0 Å². The smallest absolute Gasteiger partial charge is 0.0764 e. The Hall–Kier alpha value is -1.49. The zero-order valence-corrected chi connectivity index (χ0v) is 12.7. The van der Waals surface area contributed by atoms with Crippen LogP contribution in [-0.4, -0.2) is 11.5 Å². The summed E-state index contributed by atoms with van der Waals surface area (Å²) >= 11 is 3.62. The number of hydrogen-bond donors (Lipinski definition) is 1. The van der Waals surface area contributed by atoms with Gasteiger partial charge in [0.25, 0.3) is 0 Å². The summed E-state index contributed by atoms with van der Waals surface area (Å²) in [6.07, 6.45) is 4.73. The zero-order valence-electron chi connectivity index (χ0n) is 11.0. The SMILES string of the molecule is c1csc(C(NCCc2ccncc2)c2cccs2)c1. The highest BCUT2D eigenvalue weighted by molar-refractivity contribution is 7.11. The third-order valence-electron chi connectivity index (χ3n) is 3.17. The Morgan fingerprint density at radius 3 is 2.15 bits per heavy atom. The second kappa shape index (κ2) is 6.79. The van der Waals surface area contributed by atoms with Crippen molar-refractivity contribution in [2.75, 3.05) is 6.54 Å². The Balaban J connectivity index is 1.66. The van der Waals surface area contributed by atoms with Gasteiger partial charge in [-0.3, -0.25) is 4.98 Å². The van der Waals surface area contributed by atoms with Crippen LogP contribution >= 0.6 is 22.7 Å². The Labute approximate surface area is 127 Å². The number of thiophene rings is 2. The molecule has 2 nitrogen and oxygen atoms in total. The van der Waals surface area contributed by atoms with Crippen LogP contribution < -0.4 is 5.32 Å². The normalized spacial score (nSPS) is 11.1. The monoisotopic (exact) mass is 300 g/mol. The van der Waals surface area contributed by atoms with Crippen LogP contribution in [0.15, 0.2) is 59.6 Å². The second-order valence-corrected chi connectivity index (χ2v) is 6.48. The molecule has 102 valence electrons. The molecule has 0 aliphatic carbocycles. The maximum Gasteiger partial charge on any atom is 0.0764 e. The van der Waals surface area contributed by atoms with E-state index in [-0.39, 0.29) is 0 Å². The van der Waals surface area contributed by atoms with E-state index >= 15 is 0 Å². The lowest BCUT2D eigenvalue weighted by Gasteiger charge is -2.16. The van der Waals surface area contributed by atoms with Gasteiger partial charge in [0.15, 0.2) is 0 Å². The van der Waals surface area contributed by atoms with E-state index in [2.05, 4.69) is 57.5 Å². The van der Waals surface area contributed by atoms with Crippen molar-refractivity contribution >= 4 is 22.7 Å². The first-order valence-corrected chi connectivity index (χ1v) is 8.38. The Morgan fingerprint density at radius 2 is 1.60 bits per heavy atom. The fraction of sp³-hybridized carbons (Fsp3) is 0.188. The Morgan fingerprint density at radius 1 is 0.950 bits per heavy atom. The van der Waals surface area contributed by atoms with E-state index in [0.29, 0.717) is 6.04 Å². The van der Waals surface area contributed by atoms with E-state index in [4.69, 9.17) is 0 Å². The van der Waals surface area contributed by atoms with Crippen LogP contribution in [0.5, 0.6) is 0 Å². The Kier molecular flexibility index (Phi) is 4.58. The van der Waals surface area contributed by atoms with Gasteiger partial charge in [-0.05, 0) is 47.0 Å². The molecule has 0 aliphatic heterocycles. The van der Waals surface area contributed by atoms with Crippen molar-refractivity contribution in [3.05, 3.63) is 74.9 Å². The van der Waals surface area contributed by atoms with Gasteiger partial charge >= 0.3 is 0 Å². The molecule has 0 amide bonds. The van der Waals surface area contributed by atoms with Crippen molar-refractivity contribution in [2.24, 2.45) is 0 Å². The van der Waals surface area contributed by atoms with Crippen LogP contribution in [0.3, 0.4) is 0 Å². The predicted molar refractivity (Wildman–Crippen MR) is 86.4 cm³/mol. The van der Waals surface area contributed by atoms with Gasteiger partial charge in [0, 0.05) is 28.7 Å². The quantitative estimate of drug-likeness (QED) is 0.740. The molecule has 1 N–H and O–H groups in total. The molecule has 0 saturated carbocycles. The van der Waals surface area contributed by atoms with Gasteiger partial charge in [-0.15, -0.1) is 22.7 Å². The van der Waals surface area contributed by atoms with E-state index < -0.39 is 0 Å². The number of rotatable bonds is 6. The largest absolute Gasteiger partial charge is 0.305 e. The van der Waals surface area contributed by atoms with Gasteiger partial charge in [0.05, 0.1) is 6.04 Å². The molecule has 3 rings (SSSR count). The van der Waals surface area contributed by atoms with Gasteiger partial charge < -0.3 is 5.32 Å². The van der Waals surface area contributed by atoms with E-state index in [9.17, 15) is 0 Å². The van der Waals surface area contributed by atoms with Gasteiger partial charge in [-0.1, -0.05) is 12.1 Å². The van der Waals surface area contributed by atoms with Gasteiger partial charge in [-0.2, -0.15) is 0 Å². The molecule has 0 spiro atoms. The average Bonchev–Trinajstić information content (AvgIpc) is 3.18. The van der Waals surface area contributed by atoms with Crippen LogP contribution in [0.1, 0.15) is 21.4 Å². The minimum absolute atomic E-state index is 0.317. The van der Waals surface area contributed by atoms with Gasteiger partial charge in [0.1, 0.15) is 0 Å². The van der Waals surface area contributed by atoms with Crippen LogP contribution in [0.2, 0.25) is 0 Å². The molecular formula is C16H16N2S2. The average molecular weight is 300 g/mol. The summed E-state index contributed by atoms with van der Waals surface area (Å²) in [5.74, 6) is 0. The number of nitrogens with zero attached hydrogens (tertiary/aromatic N) is 1. The lowest BCUT2D eigenvalue weighted by atomic mass is 10.1. The Bertz CT molecular complexity index is 569. The molecule has 0 aromatic carbocycles. The summed E-state index contributed by atoms with van der Waals surface area (Å²) in [5, 5.41) is 7.95. The van der Waals surface area contributed by atoms with Crippen molar-refractivity contribution in [1.29, 1.82) is 0 Å². The standard InChI is InChI=1S/C16H16N2S2/c1-3-14(19-11-1)16(15-4-2-12-20-15)18-10-7-13-5-8-17-9-6-13/h1-6,8-9,11-12,16,18H,7,10H2. The zero-order chi connectivity index (χ0) is 13.6. The van der Waals surface area contributed by atoms with E-state index in [0.717, 1.165) is 13.0 Å². The van der Waals surface area contributed by atoms with E-state index in [1.165, 1.54) is 15.3 Å². The lowest BCUT2D eigenvalue weighted by molar-refractivity contribution is 0.621. The third-order valence-corrected chi connectivity index (χ3v) is 5.04. The van der Waals surface area contributed by atoms with Gasteiger partial charge in [0.2, 0.25) is 0 Å². The minimum Gasteiger partial charge on any atom is -0.305 e. The number of pyridine rings is 1. The van der Waals surface area contributed by atoms with Crippen molar-refractivity contribution in [3.8, 4) is 0 Å². The molecule has 0 fully saturated rings. The number of aromatic nitrogens is 1. The molecule has 0 aliphatic rings. The molecule has 0 radical (unpaired) electrons. The third kappa shape index (κ3) is 3.33. The summed E-state index contributed by atoms with van der Waals surface area (Å²) in [4.78, 5) is 6.81. The molecule has 3 heterocycles. The maximum atomic E-state index is 4.05. The fourth-order valence-corrected chi connectivity index (χ4v) is 3.87. The lowest BCUT2D eigenvalue weighted by Crippen LogP contribution is -2.23. The predicted octanol–water partition coefficient (Wildman–Crippen LogP) is 4.13. The van der Waals surface area contributed by atoms with E-state index in [1.807, 2.05) is 35.1 Å². The molecule has 20 heavy (non-hydrogen) atoms. The summed E-state index contributed by atoms with van der Waals surface area (Å²) in [6, 6.07) is 13.1. The fourth-order valence-electron chi connectivity index (χ4n) is 2.16. The molecule has 4 heteroatoms. The van der Waals surface area contributed by atoms with Crippen molar-refractivity contribution in [2.45, 2.75) is 12.5 Å². The highest BCUT2D eigenvalue weighted by Crippen LogP contribution is 2.28. The molecule has 0 atom stereocenters. The summed E-state index contributed by atoms with van der Waals surface area (Å²) in [6.45, 7) is 0.963. The summed E-state index contributed by atoms with van der Waals surface area (Å²) < 4.78 is 0. The second-order valence-electron chi connectivity index (χ2n) is 4.52.